The molecule has 0 aliphatic heterocycles. The maximum atomic E-state index is 5.74. The molecule has 0 aliphatic carbocycles. The van der Waals surface area contributed by atoms with Crippen LogP contribution in [0.15, 0.2) is 36.5 Å². The molecule has 84 valence electrons. The third kappa shape index (κ3) is 1.63. The Labute approximate surface area is 98.5 Å². The summed E-state index contributed by atoms with van der Waals surface area (Å²) in [4.78, 5) is 4.19. The number of nitrogens with zero attached hydrogens (tertiary/aromatic N) is 2. The predicted octanol–water partition coefficient (Wildman–Crippen LogP) is 2.52. The van der Waals surface area contributed by atoms with Crippen LogP contribution >= 0.6 is 0 Å². The van der Waals surface area contributed by atoms with Crippen molar-refractivity contribution < 1.29 is 0 Å². The zero-order valence-corrected chi connectivity index (χ0v) is 9.44. The number of H-pyrrole nitrogens is 1. The van der Waals surface area contributed by atoms with Crippen molar-refractivity contribution in [2.45, 2.75) is 6.92 Å². The predicted molar refractivity (Wildman–Crippen MR) is 68.5 cm³/mol. The number of anilines is 1. The second-order valence-corrected chi connectivity index (χ2v) is 4.06. The summed E-state index contributed by atoms with van der Waals surface area (Å²) < 4.78 is 0. The molecule has 0 radical (unpaired) electrons. The van der Waals surface area contributed by atoms with Crippen LogP contribution in [-0.4, -0.2) is 15.2 Å². The summed E-state index contributed by atoms with van der Waals surface area (Å²) in [5, 5.41) is 8.41. The molecule has 3 N–H and O–H groups in total. The molecular formula is C13H12N4. The van der Waals surface area contributed by atoms with E-state index in [0.717, 1.165) is 33.5 Å². The molecule has 17 heavy (non-hydrogen) atoms. The number of aromatic amines is 1. The Morgan fingerprint density at radius 1 is 1.18 bits per heavy atom. The molecule has 0 saturated carbocycles. The minimum atomic E-state index is 0.735. The molecule has 0 aliphatic rings. The lowest BCUT2D eigenvalue weighted by Crippen LogP contribution is -1.84. The van der Waals surface area contributed by atoms with E-state index in [2.05, 4.69) is 15.2 Å². The molecule has 3 aromatic rings. The highest BCUT2D eigenvalue weighted by Crippen LogP contribution is 2.27. The highest BCUT2D eigenvalue weighted by atomic mass is 15.1. The van der Waals surface area contributed by atoms with Crippen LogP contribution in [0.3, 0.4) is 0 Å². The van der Waals surface area contributed by atoms with Gasteiger partial charge in [0, 0.05) is 28.5 Å². The molecule has 1 aromatic carbocycles. The molecular weight excluding hydrogens is 212 g/mol. The fourth-order valence-electron chi connectivity index (χ4n) is 1.95. The van der Waals surface area contributed by atoms with Gasteiger partial charge < -0.3 is 5.73 Å². The summed E-state index contributed by atoms with van der Waals surface area (Å²) >= 11 is 0. The van der Waals surface area contributed by atoms with Gasteiger partial charge in [-0.15, -0.1) is 0 Å². The molecule has 0 amide bonds. The summed E-state index contributed by atoms with van der Waals surface area (Å²) in [5.74, 6) is 0. The van der Waals surface area contributed by atoms with E-state index < -0.39 is 0 Å². The first-order chi connectivity index (χ1) is 8.24. The molecule has 2 heterocycles. The van der Waals surface area contributed by atoms with E-state index >= 15 is 0 Å². The average molecular weight is 224 g/mol. The van der Waals surface area contributed by atoms with Crippen molar-refractivity contribution in [2.24, 2.45) is 0 Å². The number of nitrogens with one attached hydrogen (secondary N) is 1. The normalized spacial score (nSPS) is 10.9. The smallest absolute Gasteiger partial charge is 0.100 e. The maximum Gasteiger partial charge on any atom is 0.100 e. The van der Waals surface area contributed by atoms with Crippen LogP contribution in [0.25, 0.3) is 22.2 Å². The molecule has 3 rings (SSSR count). The number of fused-ring (bicyclic) bond motifs is 1. The minimum absolute atomic E-state index is 0.735. The Balaban J connectivity index is 2.24. The third-order valence-corrected chi connectivity index (χ3v) is 2.76. The molecule has 0 saturated heterocycles. The summed E-state index contributed by atoms with van der Waals surface area (Å²) in [6.07, 6.45) is 1.79. The molecule has 0 fully saturated rings. The van der Waals surface area contributed by atoms with Gasteiger partial charge in [0.1, 0.15) is 5.69 Å². The van der Waals surface area contributed by atoms with Gasteiger partial charge in [-0.3, -0.25) is 10.1 Å². The topological polar surface area (TPSA) is 67.6 Å². The van der Waals surface area contributed by atoms with Crippen molar-refractivity contribution in [3.8, 4) is 11.3 Å². The number of aromatic nitrogens is 3. The van der Waals surface area contributed by atoms with Crippen LogP contribution in [0.4, 0.5) is 5.69 Å². The number of pyridine rings is 1. The highest BCUT2D eigenvalue weighted by molar-refractivity contribution is 5.94. The zero-order chi connectivity index (χ0) is 11.8. The fraction of sp³-hybridized carbons (Fsp3) is 0.0769. The van der Waals surface area contributed by atoms with Crippen LogP contribution in [-0.2, 0) is 0 Å². The third-order valence-electron chi connectivity index (χ3n) is 2.76. The van der Waals surface area contributed by atoms with Crippen molar-refractivity contribution in [2.75, 3.05) is 5.73 Å². The van der Waals surface area contributed by atoms with Crippen LogP contribution < -0.4 is 5.73 Å². The van der Waals surface area contributed by atoms with Gasteiger partial charge in [-0.2, -0.15) is 5.10 Å². The van der Waals surface area contributed by atoms with Crippen LogP contribution in [0, 0.1) is 6.92 Å². The maximum absolute atomic E-state index is 5.74. The highest BCUT2D eigenvalue weighted by Gasteiger charge is 2.08. The summed E-state index contributed by atoms with van der Waals surface area (Å²) in [6, 6.07) is 9.74. The van der Waals surface area contributed by atoms with Crippen LogP contribution in [0.2, 0.25) is 0 Å². The number of aryl methyl sites for hydroxylation is 1. The lowest BCUT2D eigenvalue weighted by Gasteiger charge is -1.99. The number of rotatable bonds is 1. The van der Waals surface area contributed by atoms with Gasteiger partial charge in [0.15, 0.2) is 0 Å². The minimum Gasteiger partial charge on any atom is -0.399 e. The molecule has 0 unspecified atom stereocenters. The SMILES string of the molecule is Cc1cc(-c2n[nH]c3cc(N)ccc23)ccn1. The Kier molecular flexibility index (Phi) is 2.08. The van der Waals surface area contributed by atoms with E-state index in [0.29, 0.717) is 0 Å². The molecule has 4 nitrogen and oxygen atoms in total. The zero-order valence-electron chi connectivity index (χ0n) is 9.44. The van der Waals surface area contributed by atoms with Gasteiger partial charge in [-0.25, -0.2) is 0 Å². The summed E-state index contributed by atoms with van der Waals surface area (Å²) in [7, 11) is 0. The van der Waals surface area contributed by atoms with E-state index in [1.807, 2.05) is 37.3 Å². The first-order valence-corrected chi connectivity index (χ1v) is 5.41. The molecule has 0 atom stereocenters. The Bertz CT molecular complexity index is 685. The van der Waals surface area contributed by atoms with Gasteiger partial charge in [-0.05, 0) is 37.3 Å². The van der Waals surface area contributed by atoms with E-state index in [1.165, 1.54) is 0 Å². The van der Waals surface area contributed by atoms with Crippen molar-refractivity contribution in [3.63, 3.8) is 0 Å². The summed E-state index contributed by atoms with van der Waals surface area (Å²) in [6.45, 7) is 1.97. The van der Waals surface area contributed by atoms with Gasteiger partial charge in [0.25, 0.3) is 0 Å². The second kappa shape index (κ2) is 3.59. The number of hydrogen-bond donors (Lipinski definition) is 2. The van der Waals surface area contributed by atoms with Crippen LogP contribution in [0.5, 0.6) is 0 Å². The molecule has 4 heteroatoms. The van der Waals surface area contributed by atoms with E-state index in [9.17, 15) is 0 Å². The lowest BCUT2D eigenvalue weighted by atomic mass is 10.1. The number of nitrogens with two attached hydrogens (primary N) is 1. The van der Waals surface area contributed by atoms with Gasteiger partial charge in [0.05, 0.1) is 5.52 Å². The van der Waals surface area contributed by atoms with Gasteiger partial charge >= 0.3 is 0 Å². The Morgan fingerprint density at radius 3 is 2.88 bits per heavy atom. The Morgan fingerprint density at radius 2 is 2.06 bits per heavy atom. The number of hydrogen-bond acceptors (Lipinski definition) is 3. The Hall–Kier alpha value is -2.36. The fourth-order valence-corrected chi connectivity index (χ4v) is 1.95. The molecule has 0 bridgehead atoms. The lowest BCUT2D eigenvalue weighted by molar-refractivity contribution is 1.12. The summed E-state index contributed by atoms with van der Waals surface area (Å²) in [5.41, 5.74) is 10.4. The number of benzene rings is 1. The van der Waals surface area contributed by atoms with Crippen molar-refractivity contribution in [1.29, 1.82) is 0 Å². The van der Waals surface area contributed by atoms with Crippen LogP contribution in [0.1, 0.15) is 5.69 Å². The van der Waals surface area contributed by atoms with Crippen molar-refractivity contribution in [1.82, 2.24) is 15.2 Å². The van der Waals surface area contributed by atoms with E-state index in [-0.39, 0.29) is 0 Å². The van der Waals surface area contributed by atoms with Gasteiger partial charge in [0.2, 0.25) is 0 Å². The molecule has 0 spiro atoms. The van der Waals surface area contributed by atoms with Crippen molar-refractivity contribution >= 4 is 16.6 Å². The largest absolute Gasteiger partial charge is 0.399 e. The number of nitrogen functional groups attached to an aromatic ring is 1. The monoisotopic (exact) mass is 224 g/mol. The second-order valence-electron chi connectivity index (χ2n) is 4.06. The average Bonchev–Trinajstić information content (AvgIpc) is 2.71. The van der Waals surface area contributed by atoms with Gasteiger partial charge in [-0.1, -0.05) is 0 Å². The van der Waals surface area contributed by atoms with E-state index in [4.69, 9.17) is 5.73 Å². The first-order valence-electron chi connectivity index (χ1n) is 5.41. The standard InChI is InChI=1S/C13H12N4/c1-8-6-9(4-5-15-8)13-11-3-2-10(14)7-12(11)16-17-13/h2-7H,14H2,1H3,(H,16,17). The molecule has 2 aromatic heterocycles. The van der Waals surface area contributed by atoms with Crippen molar-refractivity contribution in [3.05, 3.63) is 42.2 Å². The van der Waals surface area contributed by atoms with E-state index in [1.54, 1.807) is 6.20 Å². The first kappa shape index (κ1) is 9.84. The quantitative estimate of drug-likeness (QED) is 0.624.